The molecule has 0 aromatic heterocycles. The van der Waals surface area contributed by atoms with E-state index >= 15 is 0 Å². The SMILES string of the molecule is FC(F)=C1[C@@H](CCCc2ccccc2)C[C@@H]1c1ccc(Cl)cc1. The summed E-state index contributed by atoms with van der Waals surface area (Å²) in [5.74, 6) is -0.122. The van der Waals surface area contributed by atoms with Crippen molar-refractivity contribution in [3.05, 3.63) is 82.4 Å². The van der Waals surface area contributed by atoms with Gasteiger partial charge in [0.1, 0.15) is 0 Å². The van der Waals surface area contributed by atoms with Crippen LogP contribution >= 0.6 is 11.6 Å². The molecule has 0 spiro atoms. The summed E-state index contributed by atoms with van der Waals surface area (Å²) in [5.41, 5.74) is 2.55. The third-order valence-electron chi connectivity index (χ3n) is 4.69. The van der Waals surface area contributed by atoms with E-state index in [-0.39, 0.29) is 11.8 Å². The molecule has 1 fully saturated rings. The summed E-state index contributed by atoms with van der Waals surface area (Å²) in [6.45, 7) is 0. The van der Waals surface area contributed by atoms with E-state index in [9.17, 15) is 8.78 Å². The predicted octanol–water partition coefficient (Wildman–Crippen LogP) is 6.62. The van der Waals surface area contributed by atoms with Gasteiger partial charge in [-0.2, -0.15) is 8.78 Å². The molecule has 0 unspecified atom stereocenters. The second-order valence-electron chi connectivity index (χ2n) is 6.13. The van der Waals surface area contributed by atoms with Gasteiger partial charge in [-0.3, -0.25) is 0 Å². The van der Waals surface area contributed by atoms with E-state index in [1.54, 1.807) is 12.1 Å². The summed E-state index contributed by atoms with van der Waals surface area (Å²) in [7, 11) is 0. The Morgan fingerprint density at radius 3 is 2.35 bits per heavy atom. The number of aryl methyl sites for hydroxylation is 1. The molecule has 0 saturated heterocycles. The molecular formula is C20H19ClF2. The molecule has 0 aliphatic heterocycles. The van der Waals surface area contributed by atoms with Gasteiger partial charge in [0.15, 0.2) is 0 Å². The Labute approximate surface area is 140 Å². The summed E-state index contributed by atoms with van der Waals surface area (Å²) in [6.07, 6.45) is 2.03. The number of hydrogen-bond acceptors (Lipinski definition) is 0. The third-order valence-corrected chi connectivity index (χ3v) is 4.94. The van der Waals surface area contributed by atoms with Crippen molar-refractivity contribution < 1.29 is 8.78 Å². The Morgan fingerprint density at radius 2 is 1.70 bits per heavy atom. The highest BCUT2D eigenvalue weighted by Crippen LogP contribution is 2.51. The number of halogens is 3. The molecule has 0 radical (unpaired) electrons. The van der Waals surface area contributed by atoms with Gasteiger partial charge in [0, 0.05) is 16.5 Å². The molecule has 0 nitrogen and oxygen atoms in total. The lowest BCUT2D eigenvalue weighted by Gasteiger charge is -2.38. The van der Waals surface area contributed by atoms with Crippen LogP contribution in [-0.4, -0.2) is 0 Å². The van der Waals surface area contributed by atoms with Gasteiger partial charge >= 0.3 is 0 Å². The first-order valence-electron chi connectivity index (χ1n) is 7.99. The van der Waals surface area contributed by atoms with Gasteiger partial charge in [-0.05, 0) is 54.9 Å². The Balaban J connectivity index is 1.60. The van der Waals surface area contributed by atoms with E-state index in [1.165, 1.54) is 5.56 Å². The molecule has 23 heavy (non-hydrogen) atoms. The first-order chi connectivity index (χ1) is 11.1. The minimum absolute atomic E-state index is 0.0180. The lowest BCUT2D eigenvalue weighted by molar-refractivity contribution is 0.299. The molecule has 2 aromatic rings. The van der Waals surface area contributed by atoms with Crippen LogP contribution in [0.1, 0.15) is 36.3 Å². The van der Waals surface area contributed by atoms with Gasteiger partial charge < -0.3 is 0 Å². The van der Waals surface area contributed by atoms with Gasteiger partial charge in [-0.25, -0.2) is 0 Å². The number of allylic oxidation sites excluding steroid dienone is 1. The summed E-state index contributed by atoms with van der Waals surface area (Å²) < 4.78 is 26.7. The lowest BCUT2D eigenvalue weighted by atomic mass is 9.65. The van der Waals surface area contributed by atoms with E-state index < -0.39 is 6.08 Å². The average molecular weight is 333 g/mol. The smallest absolute Gasteiger partial charge is 0.173 e. The highest BCUT2D eigenvalue weighted by Gasteiger charge is 2.39. The van der Waals surface area contributed by atoms with Gasteiger partial charge in [-0.1, -0.05) is 54.1 Å². The molecular weight excluding hydrogens is 314 g/mol. The van der Waals surface area contributed by atoms with Crippen molar-refractivity contribution >= 4 is 11.6 Å². The molecule has 1 aliphatic carbocycles. The fourth-order valence-corrected chi connectivity index (χ4v) is 3.56. The van der Waals surface area contributed by atoms with Crippen LogP contribution in [0.2, 0.25) is 5.02 Å². The van der Waals surface area contributed by atoms with E-state index in [2.05, 4.69) is 12.1 Å². The molecule has 0 bridgehead atoms. The third kappa shape index (κ3) is 3.81. The van der Waals surface area contributed by atoms with Crippen molar-refractivity contribution in [2.75, 3.05) is 0 Å². The maximum atomic E-state index is 13.3. The molecule has 120 valence electrons. The van der Waals surface area contributed by atoms with E-state index in [1.807, 2.05) is 30.3 Å². The molecule has 1 aliphatic rings. The highest BCUT2D eigenvalue weighted by molar-refractivity contribution is 6.30. The molecule has 3 rings (SSSR count). The van der Waals surface area contributed by atoms with Crippen LogP contribution in [0.15, 0.2) is 66.3 Å². The summed E-state index contributed by atoms with van der Waals surface area (Å²) in [6, 6.07) is 17.5. The Kier molecular flexibility index (Phi) is 5.12. The second kappa shape index (κ2) is 7.27. The fraction of sp³-hybridized carbons (Fsp3) is 0.300. The monoisotopic (exact) mass is 332 g/mol. The van der Waals surface area contributed by atoms with Crippen molar-refractivity contribution in [3.63, 3.8) is 0 Å². The Morgan fingerprint density at radius 1 is 1.00 bits per heavy atom. The largest absolute Gasteiger partial charge is 0.270 e. The van der Waals surface area contributed by atoms with Crippen LogP contribution in [0.5, 0.6) is 0 Å². The van der Waals surface area contributed by atoms with Gasteiger partial charge in [0.05, 0.1) is 0 Å². The van der Waals surface area contributed by atoms with Crippen molar-refractivity contribution in [2.45, 2.75) is 31.6 Å². The number of hydrogen-bond donors (Lipinski definition) is 0. The molecule has 0 heterocycles. The topological polar surface area (TPSA) is 0 Å². The van der Waals surface area contributed by atoms with Gasteiger partial charge in [0.2, 0.25) is 0 Å². The van der Waals surface area contributed by atoms with E-state index in [0.29, 0.717) is 10.6 Å². The Bertz CT molecular complexity index is 673. The summed E-state index contributed by atoms with van der Waals surface area (Å²) in [4.78, 5) is 0. The van der Waals surface area contributed by atoms with Crippen LogP contribution in [0.3, 0.4) is 0 Å². The van der Waals surface area contributed by atoms with Crippen LogP contribution in [0.4, 0.5) is 8.78 Å². The Hall–Kier alpha value is -1.67. The van der Waals surface area contributed by atoms with Crippen LogP contribution < -0.4 is 0 Å². The molecule has 2 atom stereocenters. The molecule has 0 N–H and O–H groups in total. The zero-order valence-electron chi connectivity index (χ0n) is 12.8. The standard InChI is InChI=1S/C20H19ClF2/c21-17-11-9-15(10-12-17)18-13-16(19(18)20(22)23)8-4-7-14-5-2-1-3-6-14/h1-3,5-6,9-12,16,18H,4,7-8,13H2/t16-,18+/m0/s1. The van der Waals surface area contributed by atoms with Crippen molar-refractivity contribution in [1.82, 2.24) is 0 Å². The van der Waals surface area contributed by atoms with Crippen molar-refractivity contribution in [3.8, 4) is 0 Å². The average Bonchev–Trinajstić information content (AvgIpc) is 2.52. The van der Waals surface area contributed by atoms with Crippen LogP contribution in [0, 0.1) is 5.92 Å². The van der Waals surface area contributed by atoms with Crippen LogP contribution in [0.25, 0.3) is 0 Å². The molecule has 0 amide bonds. The zero-order valence-corrected chi connectivity index (χ0v) is 13.6. The quantitative estimate of drug-likeness (QED) is 0.577. The van der Waals surface area contributed by atoms with Gasteiger partial charge in [0.25, 0.3) is 6.08 Å². The predicted molar refractivity (Wildman–Crippen MR) is 90.9 cm³/mol. The lowest BCUT2D eigenvalue weighted by Crippen LogP contribution is -2.27. The van der Waals surface area contributed by atoms with E-state index in [0.717, 1.165) is 31.2 Å². The van der Waals surface area contributed by atoms with Crippen molar-refractivity contribution in [2.24, 2.45) is 5.92 Å². The van der Waals surface area contributed by atoms with Crippen LogP contribution in [-0.2, 0) is 6.42 Å². The van der Waals surface area contributed by atoms with Gasteiger partial charge in [-0.15, -0.1) is 0 Å². The maximum Gasteiger partial charge on any atom is 0.270 e. The van der Waals surface area contributed by atoms with E-state index in [4.69, 9.17) is 11.6 Å². The summed E-state index contributed by atoms with van der Waals surface area (Å²) in [5, 5.41) is 0.638. The first-order valence-corrected chi connectivity index (χ1v) is 8.37. The number of rotatable bonds is 5. The normalized spacial score (nSPS) is 20.2. The first kappa shape index (κ1) is 16.2. The molecule has 3 heteroatoms. The molecule has 1 saturated carbocycles. The minimum atomic E-state index is -1.50. The number of benzene rings is 2. The molecule has 2 aromatic carbocycles. The highest BCUT2D eigenvalue weighted by atomic mass is 35.5. The second-order valence-corrected chi connectivity index (χ2v) is 6.57. The fourth-order valence-electron chi connectivity index (χ4n) is 3.43. The minimum Gasteiger partial charge on any atom is -0.173 e. The maximum absolute atomic E-state index is 13.3. The zero-order chi connectivity index (χ0) is 16.2. The summed E-state index contributed by atoms with van der Waals surface area (Å²) >= 11 is 5.87. The van der Waals surface area contributed by atoms with Crippen molar-refractivity contribution in [1.29, 1.82) is 0 Å².